The van der Waals surface area contributed by atoms with Crippen LogP contribution in [0.4, 0.5) is 5.69 Å². The third-order valence-corrected chi connectivity index (χ3v) is 9.73. The van der Waals surface area contributed by atoms with Crippen LogP contribution in [-0.4, -0.2) is 117 Å². The van der Waals surface area contributed by atoms with Gasteiger partial charge in [0, 0.05) is 48.6 Å². The Labute approximate surface area is 313 Å². The fraction of sp³-hybridized carbons (Fsp3) is 0.500. The number of benzene rings is 2. The Balaban J connectivity index is 1.46. The molecular formula is C36H49N5O9S2. The minimum atomic E-state index is -1.16. The highest BCUT2D eigenvalue weighted by molar-refractivity contribution is 8.13. The summed E-state index contributed by atoms with van der Waals surface area (Å²) in [6, 6.07) is 14.2. The molecule has 0 aliphatic heterocycles. The molecule has 52 heavy (non-hydrogen) atoms. The van der Waals surface area contributed by atoms with E-state index < -0.39 is 37.0 Å². The third kappa shape index (κ3) is 17.0. The fourth-order valence-corrected chi connectivity index (χ4v) is 6.98. The number of aliphatic carboxylic acids is 3. The zero-order valence-corrected chi connectivity index (χ0v) is 30.8. The van der Waals surface area contributed by atoms with Gasteiger partial charge >= 0.3 is 17.9 Å². The maximum absolute atomic E-state index is 12.3. The molecule has 14 nitrogen and oxygen atoms in total. The predicted octanol–water partition coefficient (Wildman–Crippen LogP) is 3.22. The van der Waals surface area contributed by atoms with E-state index in [0.29, 0.717) is 36.8 Å². The molecule has 2 aromatic carbocycles. The minimum absolute atomic E-state index is 0.0249. The summed E-state index contributed by atoms with van der Waals surface area (Å²) < 4.78 is 5.58. The predicted molar refractivity (Wildman–Crippen MR) is 201 cm³/mol. The molecule has 7 N–H and O–H groups in total. The zero-order chi connectivity index (χ0) is 37.9. The van der Waals surface area contributed by atoms with Crippen molar-refractivity contribution in [2.75, 3.05) is 51.3 Å². The van der Waals surface area contributed by atoms with Crippen LogP contribution in [-0.2, 0) is 41.6 Å². The highest BCUT2D eigenvalue weighted by Gasteiger charge is 2.30. The van der Waals surface area contributed by atoms with Crippen molar-refractivity contribution in [1.82, 2.24) is 15.1 Å². The smallest absolute Gasteiger partial charge is 0.317 e. The number of nitrogens with zero attached hydrogens (tertiary/aromatic N) is 2. The van der Waals surface area contributed by atoms with Crippen LogP contribution >= 0.6 is 24.0 Å². The number of thioether (sulfide) groups is 1. The highest BCUT2D eigenvalue weighted by atomic mass is 32.2. The summed E-state index contributed by atoms with van der Waals surface area (Å²) in [4.78, 5) is 62.5. The second-order valence-electron chi connectivity index (χ2n) is 12.7. The molecule has 1 fully saturated rings. The summed E-state index contributed by atoms with van der Waals surface area (Å²) in [6.45, 7) is 0.0398. The molecule has 1 saturated carbocycles. The lowest BCUT2D eigenvalue weighted by molar-refractivity contribution is -0.145. The number of hydrogen-bond donors (Lipinski definition) is 6. The lowest BCUT2D eigenvalue weighted by Gasteiger charge is -2.38. The van der Waals surface area contributed by atoms with Gasteiger partial charge in [0.1, 0.15) is 0 Å². The van der Waals surface area contributed by atoms with Gasteiger partial charge in [-0.15, -0.1) is 0 Å². The first-order valence-corrected chi connectivity index (χ1v) is 18.5. The van der Waals surface area contributed by atoms with E-state index in [1.54, 1.807) is 0 Å². The number of primary amides is 1. The van der Waals surface area contributed by atoms with Gasteiger partial charge < -0.3 is 36.4 Å². The molecule has 0 radical (unpaired) electrons. The van der Waals surface area contributed by atoms with Gasteiger partial charge in [0.05, 0.1) is 32.8 Å². The highest BCUT2D eigenvalue weighted by Crippen LogP contribution is 2.25. The molecule has 284 valence electrons. The topological polar surface area (TPSA) is 212 Å². The number of amides is 1. The van der Waals surface area contributed by atoms with E-state index in [1.165, 1.54) is 4.90 Å². The van der Waals surface area contributed by atoms with Crippen LogP contribution in [0.2, 0.25) is 0 Å². The van der Waals surface area contributed by atoms with E-state index in [0.717, 1.165) is 59.9 Å². The van der Waals surface area contributed by atoms with Crippen LogP contribution in [0.5, 0.6) is 0 Å². The lowest BCUT2D eigenvalue weighted by atomic mass is 9.93. The van der Waals surface area contributed by atoms with Crippen LogP contribution in [0, 0.1) is 0 Å². The van der Waals surface area contributed by atoms with E-state index in [4.69, 9.17) is 22.7 Å². The minimum Gasteiger partial charge on any atom is -0.480 e. The number of carbonyl (C=O) groups excluding carboxylic acids is 2. The maximum Gasteiger partial charge on any atom is 0.317 e. The van der Waals surface area contributed by atoms with Crippen molar-refractivity contribution in [3.63, 3.8) is 0 Å². The molecular weight excluding hydrogens is 711 g/mol. The first-order chi connectivity index (χ1) is 24.9. The van der Waals surface area contributed by atoms with Crippen molar-refractivity contribution in [1.29, 1.82) is 0 Å². The van der Waals surface area contributed by atoms with Gasteiger partial charge in [-0.2, -0.15) is 0 Å². The summed E-state index contributed by atoms with van der Waals surface area (Å²) >= 11 is 6.53. The van der Waals surface area contributed by atoms with E-state index in [-0.39, 0.29) is 49.6 Å². The Bertz CT molecular complexity index is 1470. The van der Waals surface area contributed by atoms with Crippen molar-refractivity contribution < 1.29 is 44.0 Å². The molecule has 0 unspecified atom stereocenters. The Kier molecular flexibility index (Phi) is 18.5. The lowest BCUT2D eigenvalue weighted by Crippen LogP contribution is -2.52. The Morgan fingerprint density at radius 3 is 2.06 bits per heavy atom. The number of carboxylic acid groups (broad SMARTS) is 3. The Morgan fingerprint density at radius 2 is 1.46 bits per heavy atom. The van der Waals surface area contributed by atoms with Gasteiger partial charge in [-0.25, -0.2) is 0 Å². The Morgan fingerprint density at radius 1 is 0.846 bits per heavy atom. The van der Waals surface area contributed by atoms with Crippen LogP contribution in [0.25, 0.3) is 0 Å². The van der Waals surface area contributed by atoms with Crippen LogP contribution in [0.3, 0.4) is 0 Å². The number of carboxylic acids is 3. The summed E-state index contributed by atoms with van der Waals surface area (Å²) in [6.07, 6.45) is 6.14. The SMILES string of the molecule is NC(=O)CCc1ccc(SC(=O)CCOCCNC(=S)Nc2ccc(C[C@@H](CN(CC(=O)O)C3CCCCC3)N(CC(=O)O)CC(=O)O)cc2)cc1. The molecule has 16 heteroatoms. The molecule has 1 atom stereocenters. The normalized spacial score (nSPS) is 13.8. The quantitative estimate of drug-likeness (QED) is 0.0546. The van der Waals surface area contributed by atoms with E-state index in [9.17, 15) is 39.3 Å². The van der Waals surface area contributed by atoms with Crippen molar-refractivity contribution in [2.45, 2.75) is 74.8 Å². The average Bonchev–Trinajstić information content (AvgIpc) is 3.09. The van der Waals surface area contributed by atoms with Gasteiger partial charge in [0.25, 0.3) is 0 Å². The number of nitrogens with two attached hydrogens (primary N) is 1. The number of anilines is 1. The third-order valence-electron chi connectivity index (χ3n) is 8.55. The van der Waals surface area contributed by atoms with Crippen LogP contribution < -0.4 is 16.4 Å². The van der Waals surface area contributed by atoms with Gasteiger partial charge in [-0.1, -0.05) is 55.3 Å². The molecule has 1 aliphatic rings. The molecule has 1 amide bonds. The van der Waals surface area contributed by atoms with Crippen molar-refractivity contribution in [3.8, 4) is 0 Å². The summed E-state index contributed by atoms with van der Waals surface area (Å²) in [5, 5.41) is 35.3. The van der Waals surface area contributed by atoms with E-state index >= 15 is 0 Å². The largest absolute Gasteiger partial charge is 0.480 e. The van der Waals surface area contributed by atoms with Crippen molar-refractivity contribution in [2.24, 2.45) is 5.73 Å². The van der Waals surface area contributed by atoms with Gasteiger partial charge in [-0.05, 0) is 73.3 Å². The van der Waals surface area contributed by atoms with Gasteiger partial charge in [0.15, 0.2) is 10.2 Å². The Hall–Kier alpha value is -4.09. The molecule has 0 spiro atoms. The standard InChI is InChI=1S/C36H49N5O9S2/c37-31(42)15-10-25-8-13-30(14-9-25)52-35(49)16-18-50-19-17-38-36(51)39-27-11-6-26(7-12-27)20-29(41(23-33(45)46)24-34(47)48)21-40(22-32(43)44)28-4-2-1-3-5-28/h6-9,11-14,28-29H,1-5,10,15-24H2,(H2,37,42)(H,43,44)(H,45,46)(H,47,48)(H2,38,39,51)/t29-/m0/s1. The van der Waals surface area contributed by atoms with Gasteiger partial charge in [-0.3, -0.25) is 33.8 Å². The van der Waals surface area contributed by atoms with Crippen molar-refractivity contribution >= 4 is 63.7 Å². The fourth-order valence-electron chi connectivity index (χ4n) is 6.04. The number of thiocarbonyl (C=S) groups is 1. The van der Waals surface area contributed by atoms with E-state index in [2.05, 4.69) is 10.6 Å². The summed E-state index contributed by atoms with van der Waals surface area (Å²) in [5.74, 6) is -3.66. The van der Waals surface area contributed by atoms with Crippen molar-refractivity contribution in [3.05, 3.63) is 59.7 Å². The molecule has 0 aromatic heterocycles. The van der Waals surface area contributed by atoms with Crippen LogP contribution in [0.15, 0.2) is 53.4 Å². The molecule has 1 aliphatic carbocycles. The summed E-state index contributed by atoms with van der Waals surface area (Å²) in [5.41, 5.74) is 7.69. The number of hydrogen-bond acceptors (Lipinski definition) is 10. The molecule has 0 saturated heterocycles. The molecule has 0 bridgehead atoms. The van der Waals surface area contributed by atoms with E-state index in [1.807, 2.05) is 53.4 Å². The zero-order valence-electron chi connectivity index (χ0n) is 29.2. The first kappa shape index (κ1) is 42.3. The monoisotopic (exact) mass is 759 g/mol. The van der Waals surface area contributed by atoms with Crippen LogP contribution in [0.1, 0.15) is 56.1 Å². The number of carbonyl (C=O) groups is 5. The number of nitrogens with one attached hydrogen (secondary N) is 2. The average molecular weight is 760 g/mol. The molecule has 0 heterocycles. The summed E-state index contributed by atoms with van der Waals surface area (Å²) in [7, 11) is 0. The molecule has 2 aromatic rings. The second-order valence-corrected chi connectivity index (χ2v) is 14.2. The van der Waals surface area contributed by atoms with Gasteiger partial charge in [0.2, 0.25) is 5.91 Å². The first-order valence-electron chi connectivity index (χ1n) is 17.3. The maximum atomic E-state index is 12.3. The number of rotatable bonds is 23. The number of ether oxygens (including phenoxy) is 1. The molecule has 3 rings (SSSR count). The number of aryl methyl sites for hydroxylation is 1. The second kappa shape index (κ2) is 22.8.